The average Bonchev–Trinajstić information content (AvgIpc) is 3.11. The molecule has 0 spiro atoms. The number of amides is 1. The van der Waals surface area contributed by atoms with Gasteiger partial charge in [0, 0.05) is 6.04 Å². The first-order valence-electron chi connectivity index (χ1n) is 5.61. The highest BCUT2D eigenvalue weighted by atomic mass is 19.4. The maximum atomic E-state index is 12.5. The Morgan fingerprint density at radius 2 is 2.06 bits per heavy atom. The first-order valence-corrected chi connectivity index (χ1v) is 5.61. The third-order valence-electron chi connectivity index (χ3n) is 2.78. The second-order valence-corrected chi connectivity index (χ2v) is 4.38. The summed E-state index contributed by atoms with van der Waals surface area (Å²) in [5, 5.41) is 2.67. The first-order chi connectivity index (χ1) is 8.38. The van der Waals surface area contributed by atoms with E-state index in [1.807, 2.05) is 0 Å². The molecule has 0 heterocycles. The lowest BCUT2D eigenvalue weighted by Gasteiger charge is -2.14. The predicted molar refractivity (Wildman–Crippen MR) is 59.5 cm³/mol. The van der Waals surface area contributed by atoms with Crippen LogP contribution in [0.15, 0.2) is 24.3 Å². The van der Waals surface area contributed by atoms with Gasteiger partial charge in [0.05, 0.1) is 5.56 Å². The Morgan fingerprint density at radius 3 is 2.61 bits per heavy atom. The van der Waals surface area contributed by atoms with Crippen LogP contribution in [-0.4, -0.2) is 11.9 Å². The number of carbonyl (C=O) groups is 1. The molecule has 98 valence electrons. The quantitative estimate of drug-likeness (QED) is 0.871. The van der Waals surface area contributed by atoms with Crippen molar-refractivity contribution < 1.29 is 18.0 Å². The zero-order valence-corrected chi connectivity index (χ0v) is 9.50. The van der Waals surface area contributed by atoms with Crippen molar-refractivity contribution in [1.82, 2.24) is 5.32 Å². The summed E-state index contributed by atoms with van der Waals surface area (Å²) in [6.45, 7) is 0. The van der Waals surface area contributed by atoms with Crippen LogP contribution < -0.4 is 11.1 Å². The van der Waals surface area contributed by atoms with Crippen LogP contribution in [0.4, 0.5) is 13.2 Å². The molecule has 1 aliphatic rings. The third kappa shape index (κ3) is 3.01. The van der Waals surface area contributed by atoms with Gasteiger partial charge in [-0.25, -0.2) is 0 Å². The summed E-state index contributed by atoms with van der Waals surface area (Å²) in [5.74, 6) is -0.433. The van der Waals surface area contributed by atoms with Gasteiger partial charge in [-0.15, -0.1) is 0 Å². The molecule has 1 atom stereocenters. The van der Waals surface area contributed by atoms with Gasteiger partial charge in [0.25, 0.3) is 0 Å². The molecule has 1 aromatic rings. The van der Waals surface area contributed by atoms with E-state index in [9.17, 15) is 18.0 Å². The van der Waals surface area contributed by atoms with Crippen LogP contribution in [0.3, 0.4) is 0 Å². The Balaban J connectivity index is 2.14. The van der Waals surface area contributed by atoms with Crippen LogP contribution in [0, 0.1) is 0 Å². The molecule has 1 aromatic carbocycles. The van der Waals surface area contributed by atoms with Gasteiger partial charge in [0.1, 0.15) is 6.04 Å². The third-order valence-corrected chi connectivity index (χ3v) is 2.78. The number of alkyl halides is 3. The Morgan fingerprint density at radius 1 is 1.39 bits per heavy atom. The molecular formula is C12H13F3N2O. The topological polar surface area (TPSA) is 55.1 Å². The Hall–Kier alpha value is -1.56. The van der Waals surface area contributed by atoms with Crippen LogP contribution in [0.1, 0.15) is 30.0 Å². The molecular weight excluding hydrogens is 245 g/mol. The van der Waals surface area contributed by atoms with E-state index in [0.717, 1.165) is 25.0 Å². The lowest BCUT2D eigenvalue weighted by molar-refractivity contribution is -0.137. The van der Waals surface area contributed by atoms with Crippen molar-refractivity contribution in [3.05, 3.63) is 35.4 Å². The summed E-state index contributed by atoms with van der Waals surface area (Å²) in [7, 11) is 0. The van der Waals surface area contributed by atoms with Crippen molar-refractivity contribution in [1.29, 1.82) is 0 Å². The van der Waals surface area contributed by atoms with E-state index in [1.54, 1.807) is 0 Å². The minimum Gasteiger partial charge on any atom is -0.352 e. The van der Waals surface area contributed by atoms with E-state index in [1.165, 1.54) is 12.1 Å². The minimum atomic E-state index is -4.43. The number of carbonyl (C=O) groups excluding carboxylic acids is 1. The van der Waals surface area contributed by atoms with Gasteiger partial charge in [-0.2, -0.15) is 13.2 Å². The van der Waals surface area contributed by atoms with Crippen molar-refractivity contribution in [2.24, 2.45) is 5.73 Å². The largest absolute Gasteiger partial charge is 0.416 e. The number of hydrogen-bond donors (Lipinski definition) is 2. The van der Waals surface area contributed by atoms with Crippen molar-refractivity contribution in [2.45, 2.75) is 31.1 Å². The average molecular weight is 258 g/mol. The zero-order valence-electron chi connectivity index (χ0n) is 9.50. The summed E-state index contributed by atoms with van der Waals surface area (Å²) in [4.78, 5) is 11.6. The number of nitrogens with two attached hydrogens (primary N) is 1. The number of halogens is 3. The van der Waals surface area contributed by atoms with Crippen LogP contribution in [-0.2, 0) is 11.0 Å². The second-order valence-electron chi connectivity index (χ2n) is 4.38. The summed E-state index contributed by atoms with van der Waals surface area (Å²) in [6, 6.07) is 3.61. The zero-order chi connectivity index (χ0) is 13.3. The minimum absolute atomic E-state index is 0.134. The lowest BCUT2D eigenvalue weighted by atomic mass is 10.0. The molecule has 1 amide bonds. The lowest BCUT2D eigenvalue weighted by Crippen LogP contribution is -2.35. The molecule has 6 heteroatoms. The highest BCUT2D eigenvalue weighted by Crippen LogP contribution is 2.30. The van der Waals surface area contributed by atoms with Crippen molar-refractivity contribution in [3.63, 3.8) is 0 Å². The molecule has 0 aliphatic heterocycles. The van der Waals surface area contributed by atoms with E-state index in [-0.39, 0.29) is 11.6 Å². The van der Waals surface area contributed by atoms with Crippen LogP contribution in [0.2, 0.25) is 0 Å². The highest BCUT2D eigenvalue weighted by Gasteiger charge is 2.32. The summed E-state index contributed by atoms with van der Waals surface area (Å²) < 4.78 is 37.5. The van der Waals surface area contributed by atoms with Crippen LogP contribution in [0.5, 0.6) is 0 Å². The van der Waals surface area contributed by atoms with E-state index < -0.39 is 23.7 Å². The van der Waals surface area contributed by atoms with Crippen molar-refractivity contribution >= 4 is 5.91 Å². The van der Waals surface area contributed by atoms with E-state index in [0.29, 0.717) is 0 Å². The van der Waals surface area contributed by atoms with Gasteiger partial charge in [-0.05, 0) is 30.5 Å². The maximum absolute atomic E-state index is 12.5. The Kier molecular flexibility index (Phi) is 3.30. The molecule has 1 saturated carbocycles. The molecule has 0 aromatic heterocycles. The molecule has 1 fully saturated rings. The fraction of sp³-hybridized carbons (Fsp3) is 0.417. The maximum Gasteiger partial charge on any atom is 0.416 e. The standard InChI is InChI=1S/C12H13F3N2O/c13-12(14,15)8-3-1-2-7(6-8)10(16)11(18)17-9-4-5-9/h1-3,6,9-10H,4-5,16H2,(H,17,18). The normalized spacial score (nSPS) is 17.3. The number of hydrogen-bond acceptors (Lipinski definition) is 2. The predicted octanol–water partition coefficient (Wildman–Crippen LogP) is 1.98. The molecule has 2 rings (SSSR count). The van der Waals surface area contributed by atoms with Gasteiger partial charge in [-0.3, -0.25) is 4.79 Å². The number of nitrogens with one attached hydrogen (secondary N) is 1. The fourth-order valence-electron chi connectivity index (χ4n) is 1.58. The molecule has 3 nitrogen and oxygen atoms in total. The SMILES string of the molecule is NC(C(=O)NC1CC1)c1cccc(C(F)(F)F)c1. The van der Waals surface area contributed by atoms with Crippen LogP contribution >= 0.6 is 0 Å². The molecule has 0 saturated heterocycles. The van der Waals surface area contributed by atoms with E-state index in [2.05, 4.69) is 5.32 Å². The Labute approximate surface area is 102 Å². The monoisotopic (exact) mass is 258 g/mol. The molecule has 1 aliphatic carbocycles. The summed E-state index contributed by atoms with van der Waals surface area (Å²) >= 11 is 0. The van der Waals surface area contributed by atoms with Gasteiger partial charge in [0.2, 0.25) is 5.91 Å². The molecule has 18 heavy (non-hydrogen) atoms. The van der Waals surface area contributed by atoms with Gasteiger partial charge < -0.3 is 11.1 Å². The van der Waals surface area contributed by atoms with E-state index in [4.69, 9.17) is 5.73 Å². The molecule has 0 bridgehead atoms. The van der Waals surface area contributed by atoms with Gasteiger partial charge in [0.15, 0.2) is 0 Å². The second kappa shape index (κ2) is 4.61. The van der Waals surface area contributed by atoms with E-state index >= 15 is 0 Å². The Bertz CT molecular complexity index is 455. The van der Waals surface area contributed by atoms with Gasteiger partial charge >= 0.3 is 6.18 Å². The molecule has 3 N–H and O–H groups in total. The number of rotatable bonds is 3. The van der Waals surface area contributed by atoms with Gasteiger partial charge in [-0.1, -0.05) is 12.1 Å². The smallest absolute Gasteiger partial charge is 0.352 e. The van der Waals surface area contributed by atoms with Crippen molar-refractivity contribution in [3.8, 4) is 0 Å². The first kappa shape index (κ1) is 12.9. The van der Waals surface area contributed by atoms with Crippen molar-refractivity contribution in [2.75, 3.05) is 0 Å². The van der Waals surface area contributed by atoms with Crippen LogP contribution in [0.25, 0.3) is 0 Å². The number of benzene rings is 1. The highest BCUT2D eigenvalue weighted by molar-refractivity contribution is 5.83. The molecule has 1 unspecified atom stereocenters. The summed E-state index contributed by atoms with van der Waals surface area (Å²) in [5.41, 5.74) is 5.02. The summed E-state index contributed by atoms with van der Waals surface area (Å²) in [6.07, 6.45) is -2.62. The molecule has 0 radical (unpaired) electrons. The fourth-order valence-corrected chi connectivity index (χ4v) is 1.58.